The van der Waals surface area contributed by atoms with Gasteiger partial charge in [0.05, 0.1) is 0 Å². The third kappa shape index (κ3) is 5.17. The molecular formula is C14H25N. The number of hydrogen-bond acceptors (Lipinski definition) is 1. The molecule has 0 aliphatic carbocycles. The standard InChI is InChI=1S/C14H25N/c1-4-14(9-8-13(2)3)12-15-10-6-5-7-11-15/h4,8-9,13H,5-7,10-12H2,1-3H3/b9-8-,14-4+. The average Bonchev–Trinajstić information content (AvgIpc) is 2.25. The summed E-state index contributed by atoms with van der Waals surface area (Å²) in [4.78, 5) is 2.57. The van der Waals surface area contributed by atoms with Crippen LogP contribution in [0.1, 0.15) is 40.0 Å². The third-order valence-corrected chi connectivity index (χ3v) is 2.92. The van der Waals surface area contributed by atoms with Gasteiger partial charge in [0.1, 0.15) is 0 Å². The number of hydrogen-bond donors (Lipinski definition) is 0. The normalized spacial score (nSPS) is 20.4. The van der Waals surface area contributed by atoms with Crippen molar-refractivity contribution in [3.63, 3.8) is 0 Å². The molecule has 0 spiro atoms. The molecule has 1 heterocycles. The van der Waals surface area contributed by atoms with Crippen molar-refractivity contribution >= 4 is 0 Å². The van der Waals surface area contributed by atoms with E-state index >= 15 is 0 Å². The molecule has 1 heteroatoms. The Kier molecular flexibility index (Phi) is 5.70. The van der Waals surface area contributed by atoms with E-state index in [0.717, 1.165) is 6.54 Å². The van der Waals surface area contributed by atoms with Gasteiger partial charge in [-0.05, 0) is 44.3 Å². The highest BCUT2D eigenvalue weighted by Gasteiger charge is 2.09. The van der Waals surface area contributed by atoms with Crippen LogP contribution < -0.4 is 0 Å². The summed E-state index contributed by atoms with van der Waals surface area (Å²) in [7, 11) is 0. The average molecular weight is 207 g/mol. The Labute approximate surface area is 94.9 Å². The first-order valence-corrected chi connectivity index (χ1v) is 6.28. The fourth-order valence-corrected chi connectivity index (χ4v) is 1.93. The van der Waals surface area contributed by atoms with Gasteiger partial charge in [0.25, 0.3) is 0 Å². The second kappa shape index (κ2) is 6.84. The van der Waals surface area contributed by atoms with Crippen LogP contribution in [0, 0.1) is 5.92 Å². The minimum Gasteiger partial charge on any atom is -0.299 e. The minimum atomic E-state index is 0.654. The number of likely N-dealkylation sites (tertiary alicyclic amines) is 1. The van der Waals surface area contributed by atoms with Crippen molar-refractivity contribution in [2.24, 2.45) is 5.92 Å². The minimum absolute atomic E-state index is 0.654. The van der Waals surface area contributed by atoms with Crippen molar-refractivity contribution in [1.82, 2.24) is 4.90 Å². The Bertz CT molecular complexity index is 219. The van der Waals surface area contributed by atoms with E-state index in [1.165, 1.54) is 37.9 Å². The fraction of sp³-hybridized carbons (Fsp3) is 0.714. The summed E-state index contributed by atoms with van der Waals surface area (Å²) in [6.07, 6.45) is 11.0. The quantitative estimate of drug-likeness (QED) is 0.636. The molecule has 0 aromatic rings. The van der Waals surface area contributed by atoms with Crippen LogP contribution in [0.5, 0.6) is 0 Å². The van der Waals surface area contributed by atoms with Gasteiger partial charge in [-0.3, -0.25) is 4.90 Å². The Morgan fingerprint density at radius 3 is 2.40 bits per heavy atom. The zero-order valence-electron chi connectivity index (χ0n) is 10.5. The number of nitrogens with zero attached hydrogens (tertiary/aromatic N) is 1. The molecule has 15 heavy (non-hydrogen) atoms. The van der Waals surface area contributed by atoms with E-state index < -0.39 is 0 Å². The molecular weight excluding hydrogens is 182 g/mol. The SMILES string of the molecule is C/C=C(\C=C/C(C)C)CN1CCCCC1. The van der Waals surface area contributed by atoms with Gasteiger partial charge in [-0.25, -0.2) is 0 Å². The van der Waals surface area contributed by atoms with Crippen LogP contribution in [0.3, 0.4) is 0 Å². The van der Waals surface area contributed by atoms with Gasteiger partial charge in [0, 0.05) is 6.54 Å². The Balaban J connectivity index is 2.39. The van der Waals surface area contributed by atoms with Crippen molar-refractivity contribution < 1.29 is 0 Å². The lowest BCUT2D eigenvalue weighted by molar-refractivity contribution is 0.248. The first kappa shape index (κ1) is 12.5. The Morgan fingerprint density at radius 1 is 1.20 bits per heavy atom. The first-order chi connectivity index (χ1) is 7.22. The molecule has 0 bridgehead atoms. The predicted molar refractivity (Wildman–Crippen MR) is 68.0 cm³/mol. The van der Waals surface area contributed by atoms with Gasteiger partial charge in [-0.1, -0.05) is 38.5 Å². The molecule has 0 atom stereocenters. The maximum Gasteiger partial charge on any atom is 0.0230 e. The van der Waals surface area contributed by atoms with E-state index in [4.69, 9.17) is 0 Å². The molecule has 0 aromatic heterocycles. The lowest BCUT2D eigenvalue weighted by Gasteiger charge is -2.26. The molecule has 86 valence electrons. The lowest BCUT2D eigenvalue weighted by atomic mass is 10.1. The third-order valence-electron chi connectivity index (χ3n) is 2.92. The van der Waals surface area contributed by atoms with Crippen molar-refractivity contribution in [3.8, 4) is 0 Å². The van der Waals surface area contributed by atoms with Crippen LogP contribution in [0.25, 0.3) is 0 Å². The molecule has 0 aromatic carbocycles. The summed E-state index contributed by atoms with van der Waals surface area (Å²) in [5.41, 5.74) is 1.46. The van der Waals surface area contributed by atoms with Crippen molar-refractivity contribution in [2.75, 3.05) is 19.6 Å². The summed E-state index contributed by atoms with van der Waals surface area (Å²) >= 11 is 0. The number of allylic oxidation sites excluding steroid dienone is 2. The largest absolute Gasteiger partial charge is 0.299 e. The van der Waals surface area contributed by atoms with Gasteiger partial charge in [-0.2, -0.15) is 0 Å². The molecule has 0 radical (unpaired) electrons. The molecule has 0 amide bonds. The van der Waals surface area contributed by atoms with E-state index in [1.54, 1.807) is 0 Å². The molecule has 1 aliphatic heterocycles. The van der Waals surface area contributed by atoms with Crippen LogP contribution in [-0.4, -0.2) is 24.5 Å². The molecule has 1 rings (SSSR count). The summed E-state index contributed by atoms with van der Waals surface area (Å²) in [6, 6.07) is 0. The van der Waals surface area contributed by atoms with Gasteiger partial charge < -0.3 is 0 Å². The molecule has 1 fully saturated rings. The van der Waals surface area contributed by atoms with E-state index in [2.05, 4.69) is 43.9 Å². The zero-order chi connectivity index (χ0) is 11.1. The summed E-state index contributed by atoms with van der Waals surface area (Å²) in [6.45, 7) is 10.3. The summed E-state index contributed by atoms with van der Waals surface area (Å²) in [5, 5.41) is 0. The molecule has 0 unspecified atom stereocenters. The van der Waals surface area contributed by atoms with E-state index in [-0.39, 0.29) is 0 Å². The highest BCUT2D eigenvalue weighted by Crippen LogP contribution is 2.11. The molecule has 1 saturated heterocycles. The molecule has 1 aliphatic rings. The molecule has 0 N–H and O–H groups in total. The smallest absolute Gasteiger partial charge is 0.0230 e. The van der Waals surface area contributed by atoms with Crippen LogP contribution in [0.4, 0.5) is 0 Å². The van der Waals surface area contributed by atoms with Crippen LogP contribution in [-0.2, 0) is 0 Å². The highest BCUT2D eigenvalue weighted by atomic mass is 15.1. The molecule has 0 saturated carbocycles. The van der Waals surface area contributed by atoms with Crippen LogP contribution in [0.2, 0.25) is 0 Å². The van der Waals surface area contributed by atoms with Gasteiger partial charge in [-0.15, -0.1) is 0 Å². The van der Waals surface area contributed by atoms with Crippen molar-refractivity contribution in [2.45, 2.75) is 40.0 Å². The second-order valence-electron chi connectivity index (χ2n) is 4.80. The summed E-state index contributed by atoms with van der Waals surface area (Å²) < 4.78 is 0. The van der Waals surface area contributed by atoms with Crippen molar-refractivity contribution in [3.05, 3.63) is 23.8 Å². The lowest BCUT2D eigenvalue weighted by Crippen LogP contribution is -2.31. The van der Waals surface area contributed by atoms with E-state index in [9.17, 15) is 0 Å². The summed E-state index contributed by atoms with van der Waals surface area (Å²) in [5.74, 6) is 0.654. The number of piperidine rings is 1. The van der Waals surface area contributed by atoms with E-state index in [0.29, 0.717) is 5.92 Å². The van der Waals surface area contributed by atoms with Crippen molar-refractivity contribution in [1.29, 1.82) is 0 Å². The fourth-order valence-electron chi connectivity index (χ4n) is 1.93. The van der Waals surface area contributed by atoms with Gasteiger partial charge in [0.15, 0.2) is 0 Å². The predicted octanol–water partition coefficient (Wildman–Crippen LogP) is 3.63. The number of rotatable bonds is 4. The van der Waals surface area contributed by atoms with Gasteiger partial charge in [0.2, 0.25) is 0 Å². The van der Waals surface area contributed by atoms with Gasteiger partial charge >= 0.3 is 0 Å². The van der Waals surface area contributed by atoms with E-state index in [1.807, 2.05) is 0 Å². The second-order valence-corrected chi connectivity index (χ2v) is 4.80. The Morgan fingerprint density at radius 2 is 1.87 bits per heavy atom. The zero-order valence-corrected chi connectivity index (χ0v) is 10.5. The maximum absolute atomic E-state index is 2.57. The van der Waals surface area contributed by atoms with Crippen LogP contribution in [0.15, 0.2) is 23.8 Å². The first-order valence-electron chi connectivity index (χ1n) is 6.28. The maximum atomic E-state index is 2.57. The molecule has 1 nitrogen and oxygen atoms in total. The highest BCUT2D eigenvalue weighted by molar-refractivity contribution is 5.20. The van der Waals surface area contributed by atoms with Crippen LogP contribution >= 0.6 is 0 Å². The Hall–Kier alpha value is -0.560. The topological polar surface area (TPSA) is 3.24 Å². The monoisotopic (exact) mass is 207 g/mol.